The van der Waals surface area contributed by atoms with Crippen LogP contribution in [0.15, 0.2) is 48.5 Å². The Kier molecular flexibility index (Phi) is 8.35. The van der Waals surface area contributed by atoms with Gasteiger partial charge in [-0.15, -0.1) is 0 Å². The van der Waals surface area contributed by atoms with Crippen LogP contribution in [-0.4, -0.2) is 66.9 Å². The molecule has 0 aromatic heterocycles. The van der Waals surface area contributed by atoms with E-state index < -0.39 is 6.03 Å². The van der Waals surface area contributed by atoms with Gasteiger partial charge in [-0.2, -0.15) is 0 Å². The number of aryl methyl sites for hydroxylation is 1. The highest BCUT2D eigenvalue weighted by Gasteiger charge is 2.21. The summed E-state index contributed by atoms with van der Waals surface area (Å²) in [6, 6.07) is 14.9. The SMILES string of the molecule is Cc1cccc(NC(=O)NC(=O)CN2CCN(CC(=O)NCc3ccccc3)CC2)c1C. The third kappa shape index (κ3) is 7.18. The highest BCUT2D eigenvalue weighted by Crippen LogP contribution is 2.17. The van der Waals surface area contributed by atoms with Gasteiger partial charge in [0.25, 0.3) is 0 Å². The number of hydrogen-bond acceptors (Lipinski definition) is 5. The van der Waals surface area contributed by atoms with E-state index in [1.54, 1.807) is 0 Å². The summed E-state index contributed by atoms with van der Waals surface area (Å²) in [6.07, 6.45) is 0. The van der Waals surface area contributed by atoms with Crippen LogP contribution in [0.4, 0.5) is 10.5 Å². The molecule has 8 heteroatoms. The fourth-order valence-electron chi connectivity index (χ4n) is 3.57. The summed E-state index contributed by atoms with van der Waals surface area (Å²) in [4.78, 5) is 40.6. The van der Waals surface area contributed by atoms with Crippen LogP contribution < -0.4 is 16.0 Å². The number of urea groups is 1. The molecule has 0 bridgehead atoms. The van der Waals surface area contributed by atoms with Gasteiger partial charge in [0.2, 0.25) is 11.8 Å². The minimum absolute atomic E-state index is 0.0110. The molecule has 170 valence electrons. The van der Waals surface area contributed by atoms with Gasteiger partial charge in [-0.1, -0.05) is 42.5 Å². The number of carbonyl (C=O) groups excluding carboxylic acids is 3. The van der Waals surface area contributed by atoms with E-state index in [9.17, 15) is 14.4 Å². The molecule has 0 aliphatic carbocycles. The lowest BCUT2D eigenvalue weighted by Gasteiger charge is -2.33. The van der Waals surface area contributed by atoms with Gasteiger partial charge < -0.3 is 10.6 Å². The van der Waals surface area contributed by atoms with Crippen molar-refractivity contribution in [3.05, 3.63) is 65.2 Å². The molecule has 0 unspecified atom stereocenters. The van der Waals surface area contributed by atoms with Crippen LogP contribution in [0.3, 0.4) is 0 Å². The maximum absolute atomic E-state index is 12.3. The Morgan fingerprint density at radius 1 is 0.812 bits per heavy atom. The monoisotopic (exact) mass is 437 g/mol. The Morgan fingerprint density at radius 2 is 1.44 bits per heavy atom. The van der Waals surface area contributed by atoms with E-state index in [0.29, 0.717) is 45.0 Å². The number of hydrogen-bond donors (Lipinski definition) is 3. The zero-order valence-electron chi connectivity index (χ0n) is 18.7. The fourth-order valence-corrected chi connectivity index (χ4v) is 3.57. The van der Waals surface area contributed by atoms with E-state index in [0.717, 1.165) is 16.7 Å². The van der Waals surface area contributed by atoms with E-state index >= 15 is 0 Å². The third-order valence-electron chi connectivity index (χ3n) is 5.64. The molecule has 0 radical (unpaired) electrons. The number of amides is 4. The smallest absolute Gasteiger partial charge is 0.325 e. The largest absolute Gasteiger partial charge is 0.351 e. The molecule has 3 N–H and O–H groups in total. The molecule has 1 saturated heterocycles. The van der Waals surface area contributed by atoms with Gasteiger partial charge in [-0.25, -0.2) is 4.79 Å². The summed E-state index contributed by atoms with van der Waals surface area (Å²) in [7, 11) is 0. The molecule has 0 atom stereocenters. The van der Waals surface area contributed by atoms with Gasteiger partial charge in [0, 0.05) is 38.4 Å². The molecular formula is C24H31N5O3. The van der Waals surface area contributed by atoms with E-state index in [1.807, 2.05) is 67.3 Å². The van der Waals surface area contributed by atoms with Crippen molar-refractivity contribution in [1.29, 1.82) is 0 Å². The van der Waals surface area contributed by atoms with Crippen molar-refractivity contribution in [2.75, 3.05) is 44.6 Å². The molecular weight excluding hydrogens is 406 g/mol. The zero-order valence-corrected chi connectivity index (χ0v) is 18.7. The Bertz CT molecular complexity index is 940. The van der Waals surface area contributed by atoms with Crippen molar-refractivity contribution in [2.45, 2.75) is 20.4 Å². The third-order valence-corrected chi connectivity index (χ3v) is 5.64. The highest BCUT2D eigenvalue weighted by molar-refractivity contribution is 6.02. The average molecular weight is 438 g/mol. The van der Waals surface area contributed by atoms with Crippen molar-refractivity contribution < 1.29 is 14.4 Å². The van der Waals surface area contributed by atoms with E-state index in [4.69, 9.17) is 0 Å². The van der Waals surface area contributed by atoms with Crippen molar-refractivity contribution in [1.82, 2.24) is 20.4 Å². The minimum atomic E-state index is -0.530. The van der Waals surface area contributed by atoms with Crippen molar-refractivity contribution in [2.24, 2.45) is 0 Å². The van der Waals surface area contributed by atoms with Crippen LogP contribution in [-0.2, 0) is 16.1 Å². The van der Waals surface area contributed by atoms with E-state index in [1.165, 1.54) is 0 Å². The van der Waals surface area contributed by atoms with Crippen molar-refractivity contribution >= 4 is 23.5 Å². The normalized spacial score (nSPS) is 14.6. The lowest BCUT2D eigenvalue weighted by molar-refractivity contribution is -0.124. The molecule has 32 heavy (non-hydrogen) atoms. The molecule has 8 nitrogen and oxygen atoms in total. The summed E-state index contributed by atoms with van der Waals surface area (Å²) in [5, 5.41) is 8.06. The number of anilines is 1. The summed E-state index contributed by atoms with van der Waals surface area (Å²) < 4.78 is 0. The highest BCUT2D eigenvalue weighted by atomic mass is 16.2. The van der Waals surface area contributed by atoms with Crippen molar-refractivity contribution in [3.63, 3.8) is 0 Å². The van der Waals surface area contributed by atoms with Gasteiger partial charge in [0.05, 0.1) is 13.1 Å². The van der Waals surface area contributed by atoms with Gasteiger partial charge in [0.1, 0.15) is 0 Å². The Morgan fingerprint density at radius 3 is 2.09 bits per heavy atom. The van der Waals surface area contributed by atoms with Crippen LogP contribution in [0, 0.1) is 13.8 Å². The molecule has 1 heterocycles. The van der Waals surface area contributed by atoms with Crippen molar-refractivity contribution in [3.8, 4) is 0 Å². The first-order chi connectivity index (χ1) is 15.4. The van der Waals surface area contributed by atoms with Crippen LogP contribution in [0.2, 0.25) is 0 Å². The molecule has 0 spiro atoms. The van der Waals surface area contributed by atoms with Crippen LogP contribution >= 0.6 is 0 Å². The first-order valence-electron chi connectivity index (χ1n) is 10.8. The van der Waals surface area contributed by atoms with Crippen LogP contribution in [0.5, 0.6) is 0 Å². The van der Waals surface area contributed by atoms with Gasteiger partial charge in [0.15, 0.2) is 0 Å². The summed E-state index contributed by atoms with van der Waals surface area (Å²) in [5.41, 5.74) is 3.80. The molecule has 2 aromatic carbocycles. The Balaban J connectivity index is 1.34. The second kappa shape index (κ2) is 11.4. The topological polar surface area (TPSA) is 93.8 Å². The predicted octanol–water partition coefficient (Wildman–Crippen LogP) is 1.89. The summed E-state index contributed by atoms with van der Waals surface area (Å²) >= 11 is 0. The molecule has 2 aromatic rings. The zero-order chi connectivity index (χ0) is 22.9. The molecule has 1 aliphatic rings. The van der Waals surface area contributed by atoms with Gasteiger partial charge >= 0.3 is 6.03 Å². The average Bonchev–Trinajstić information content (AvgIpc) is 2.77. The number of nitrogens with zero attached hydrogens (tertiary/aromatic N) is 2. The first-order valence-corrected chi connectivity index (χ1v) is 10.8. The molecule has 4 amide bonds. The van der Waals surface area contributed by atoms with Crippen LogP contribution in [0.25, 0.3) is 0 Å². The standard InChI is InChI=1S/C24H31N5O3/c1-18-7-6-10-21(19(18)2)26-24(32)27-23(31)17-29-13-11-28(12-14-29)16-22(30)25-15-20-8-4-3-5-9-20/h3-10H,11-17H2,1-2H3,(H,25,30)(H2,26,27,31,32). The molecule has 0 saturated carbocycles. The predicted molar refractivity (Wildman–Crippen MR) is 124 cm³/mol. The Hall–Kier alpha value is -3.23. The van der Waals surface area contributed by atoms with Crippen LogP contribution in [0.1, 0.15) is 16.7 Å². The second-order valence-corrected chi connectivity index (χ2v) is 8.06. The number of piperazine rings is 1. The molecule has 1 fully saturated rings. The summed E-state index contributed by atoms with van der Waals surface area (Å²) in [5.74, 6) is -0.356. The first kappa shape index (κ1) is 23.4. The quantitative estimate of drug-likeness (QED) is 0.615. The fraction of sp³-hybridized carbons (Fsp3) is 0.375. The minimum Gasteiger partial charge on any atom is -0.351 e. The second-order valence-electron chi connectivity index (χ2n) is 8.06. The van der Waals surface area contributed by atoms with E-state index in [-0.39, 0.29) is 18.4 Å². The number of benzene rings is 2. The van der Waals surface area contributed by atoms with Gasteiger partial charge in [-0.05, 0) is 36.6 Å². The summed E-state index contributed by atoms with van der Waals surface area (Å²) in [6.45, 7) is 7.62. The number of nitrogens with one attached hydrogen (secondary N) is 3. The maximum atomic E-state index is 12.3. The van der Waals surface area contributed by atoms with E-state index in [2.05, 4.69) is 20.9 Å². The molecule has 3 rings (SSSR count). The lowest BCUT2D eigenvalue weighted by Crippen LogP contribution is -2.52. The molecule has 1 aliphatic heterocycles. The van der Waals surface area contributed by atoms with Gasteiger partial charge in [-0.3, -0.25) is 24.7 Å². The Labute approximate surface area is 189 Å². The number of rotatable bonds is 7. The lowest BCUT2D eigenvalue weighted by atomic mass is 10.1. The maximum Gasteiger partial charge on any atom is 0.325 e. The number of imide groups is 1. The number of carbonyl (C=O) groups is 3.